The molecular weight excluding hydrogens is 272 g/mol. The molecule has 7 heteroatoms. The third kappa shape index (κ3) is 3.90. The summed E-state index contributed by atoms with van der Waals surface area (Å²) in [5.74, 6) is -1.75. The number of carboxylic acid groups (broad SMARTS) is 1. The van der Waals surface area contributed by atoms with Crippen LogP contribution in [0.3, 0.4) is 0 Å². The van der Waals surface area contributed by atoms with Crippen molar-refractivity contribution >= 4 is 17.7 Å². The fraction of sp³-hybridized carbons (Fsp3) is 0.571. The number of nitrogens with two attached hydrogens (primary N) is 1. The second kappa shape index (κ2) is 7.01. The van der Waals surface area contributed by atoms with Gasteiger partial charge in [0.1, 0.15) is 0 Å². The van der Waals surface area contributed by atoms with Crippen LogP contribution in [-0.4, -0.2) is 33.5 Å². The first-order chi connectivity index (χ1) is 10.1. The summed E-state index contributed by atoms with van der Waals surface area (Å²) in [5.41, 5.74) is 5.61. The van der Waals surface area contributed by atoms with Crippen LogP contribution in [0.2, 0.25) is 0 Å². The average Bonchev–Trinajstić information content (AvgIpc) is 2.48. The zero-order chi connectivity index (χ0) is 15.2. The van der Waals surface area contributed by atoms with Crippen LogP contribution >= 0.6 is 0 Å². The van der Waals surface area contributed by atoms with Gasteiger partial charge in [-0.2, -0.15) is 0 Å². The molecule has 7 nitrogen and oxygen atoms in total. The van der Waals surface area contributed by atoms with E-state index in [0.29, 0.717) is 0 Å². The van der Waals surface area contributed by atoms with E-state index in [0.717, 1.165) is 32.1 Å². The van der Waals surface area contributed by atoms with Gasteiger partial charge in [-0.25, -0.2) is 9.97 Å². The van der Waals surface area contributed by atoms with E-state index in [9.17, 15) is 14.7 Å². The van der Waals surface area contributed by atoms with Crippen molar-refractivity contribution in [3.63, 3.8) is 0 Å². The van der Waals surface area contributed by atoms with Gasteiger partial charge < -0.3 is 16.2 Å². The van der Waals surface area contributed by atoms with E-state index in [1.807, 2.05) is 0 Å². The van der Waals surface area contributed by atoms with Gasteiger partial charge in [0.15, 0.2) is 11.5 Å². The number of aromatic nitrogens is 2. The van der Waals surface area contributed by atoms with E-state index >= 15 is 0 Å². The molecule has 1 aliphatic carbocycles. The van der Waals surface area contributed by atoms with Gasteiger partial charge in [-0.05, 0) is 18.8 Å². The van der Waals surface area contributed by atoms with Crippen LogP contribution < -0.4 is 11.1 Å². The molecule has 0 bridgehead atoms. The Morgan fingerprint density at radius 3 is 2.57 bits per heavy atom. The Morgan fingerprint density at radius 2 is 1.95 bits per heavy atom. The SMILES string of the molecule is Nc1nccnc1C(=O)NCC(C(=O)O)C1CCCCC1. The maximum atomic E-state index is 12.0. The van der Waals surface area contributed by atoms with E-state index in [1.165, 1.54) is 12.4 Å². The van der Waals surface area contributed by atoms with Gasteiger partial charge in [0.25, 0.3) is 5.91 Å². The molecule has 1 amide bonds. The first kappa shape index (κ1) is 15.2. The van der Waals surface area contributed by atoms with Gasteiger partial charge in [0.2, 0.25) is 0 Å². The molecule has 1 unspecified atom stereocenters. The van der Waals surface area contributed by atoms with Crippen molar-refractivity contribution in [2.45, 2.75) is 32.1 Å². The highest BCUT2D eigenvalue weighted by Gasteiger charge is 2.30. The monoisotopic (exact) mass is 292 g/mol. The van der Waals surface area contributed by atoms with Crippen LogP contribution in [0.25, 0.3) is 0 Å². The number of anilines is 1. The van der Waals surface area contributed by atoms with E-state index in [-0.39, 0.29) is 24.0 Å². The Hall–Kier alpha value is -2.18. The number of amides is 1. The molecule has 0 radical (unpaired) electrons. The molecule has 1 fully saturated rings. The largest absolute Gasteiger partial charge is 0.481 e. The molecule has 1 heterocycles. The molecule has 0 aromatic carbocycles. The molecule has 0 saturated heterocycles. The lowest BCUT2D eigenvalue weighted by molar-refractivity contribution is -0.143. The predicted molar refractivity (Wildman–Crippen MR) is 76.5 cm³/mol. The highest BCUT2D eigenvalue weighted by atomic mass is 16.4. The maximum Gasteiger partial charge on any atom is 0.308 e. The molecule has 4 N–H and O–H groups in total. The molecule has 21 heavy (non-hydrogen) atoms. The molecule has 114 valence electrons. The van der Waals surface area contributed by atoms with Crippen molar-refractivity contribution in [2.75, 3.05) is 12.3 Å². The number of nitrogens with zero attached hydrogens (tertiary/aromatic N) is 2. The predicted octanol–water partition coefficient (Wildman–Crippen LogP) is 1.07. The quantitative estimate of drug-likeness (QED) is 0.747. The van der Waals surface area contributed by atoms with E-state index in [2.05, 4.69) is 15.3 Å². The van der Waals surface area contributed by atoms with Crippen LogP contribution in [0.15, 0.2) is 12.4 Å². The summed E-state index contributed by atoms with van der Waals surface area (Å²) in [6.45, 7) is 0.0921. The molecule has 2 rings (SSSR count). The Labute approximate surface area is 123 Å². The normalized spacial score (nSPS) is 17.1. The van der Waals surface area contributed by atoms with Crippen LogP contribution in [0.1, 0.15) is 42.6 Å². The second-order valence-corrected chi connectivity index (χ2v) is 5.34. The standard InChI is InChI=1S/C14H20N4O3/c15-12-11(16-6-7-17-12)13(19)18-8-10(14(20)21)9-4-2-1-3-5-9/h6-7,9-10H,1-5,8H2,(H2,15,17)(H,18,19)(H,20,21). The van der Waals surface area contributed by atoms with Crippen molar-refractivity contribution in [3.05, 3.63) is 18.1 Å². The fourth-order valence-corrected chi connectivity index (χ4v) is 2.80. The number of carbonyl (C=O) groups excluding carboxylic acids is 1. The van der Waals surface area contributed by atoms with E-state index in [1.54, 1.807) is 0 Å². The Kier molecular flexibility index (Phi) is 5.08. The van der Waals surface area contributed by atoms with Gasteiger partial charge in [-0.1, -0.05) is 19.3 Å². The molecule has 0 spiro atoms. The maximum absolute atomic E-state index is 12.0. The fourth-order valence-electron chi connectivity index (χ4n) is 2.80. The number of carbonyl (C=O) groups is 2. The number of nitrogens with one attached hydrogen (secondary N) is 1. The van der Waals surface area contributed by atoms with Gasteiger partial charge in [0.05, 0.1) is 5.92 Å². The van der Waals surface area contributed by atoms with Crippen molar-refractivity contribution in [1.29, 1.82) is 0 Å². The van der Waals surface area contributed by atoms with Gasteiger partial charge in [-0.3, -0.25) is 9.59 Å². The van der Waals surface area contributed by atoms with Crippen LogP contribution in [0, 0.1) is 11.8 Å². The Morgan fingerprint density at radius 1 is 1.29 bits per heavy atom. The van der Waals surface area contributed by atoms with Crippen molar-refractivity contribution in [2.24, 2.45) is 11.8 Å². The van der Waals surface area contributed by atoms with Crippen LogP contribution in [0.4, 0.5) is 5.82 Å². The number of hydrogen-bond donors (Lipinski definition) is 3. The molecule has 1 atom stereocenters. The summed E-state index contributed by atoms with van der Waals surface area (Å²) in [4.78, 5) is 31.1. The summed E-state index contributed by atoms with van der Waals surface area (Å²) >= 11 is 0. The smallest absolute Gasteiger partial charge is 0.308 e. The highest BCUT2D eigenvalue weighted by molar-refractivity contribution is 5.96. The molecule has 1 aromatic heterocycles. The van der Waals surface area contributed by atoms with Gasteiger partial charge in [0, 0.05) is 18.9 Å². The third-order valence-corrected chi connectivity index (χ3v) is 3.96. The molecule has 0 aliphatic heterocycles. The first-order valence-electron chi connectivity index (χ1n) is 7.17. The van der Waals surface area contributed by atoms with E-state index in [4.69, 9.17) is 5.73 Å². The Bertz CT molecular complexity index is 515. The summed E-state index contributed by atoms with van der Waals surface area (Å²) in [6, 6.07) is 0. The lowest BCUT2D eigenvalue weighted by atomic mass is 9.80. The van der Waals surface area contributed by atoms with Crippen molar-refractivity contribution in [3.8, 4) is 0 Å². The molecule has 1 saturated carbocycles. The third-order valence-electron chi connectivity index (χ3n) is 3.96. The summed E-state index contributed by atoms with van der Waals surface area (Å²) in [7, 11) is 0. The van der Waals surface area contributed by atoms with Gasteiger partial charge >= 0.3 is 5.97 Å². The van der Waals surface area contributed by atoms with Gasteiger partial charge in [-0.15, -0.1) is 0 Å². The number of nitrogen functional groups attached to an aromatic ring is 1. The van der Waals surface area contributed by atoms with Crippen molar-refractivity contribution < 1.29 is 14.7 Å². The number of hydrogen-bond acceptors (Lipinski definition) is 5. The van der Waals surface area contributed by atoms with Crippen LogP contribution in [0.5, 0.6) is 0 Å². The van der Waals surface area contributed by atoms with E-state index < -0.39 is 17.8 Å². The minimum atomic E-state index is -0.866. The zero-order valence-corrected chi connectivity index (χ0v) is 11.8. The molecule has 1 aliphatic rings. The van der Waals surface area contributed by atoms with Crippen LogP contribution in [-0.2, 0) is 4.79 Å². The number of aliphatic carboxylic acids is 1. The lowest BCUT2D eigenvalue weighted by Crippen LogP contribution is -2.38. The molecule has 1 aromatic rings. The number of rotatable bonds is 5. The second-order valence-electron chi connectivity index (χ2n) is 5.34. The summed E-state index contributed by atoms with van der Waals surface area (Å²) in [5, 5.41) is 12.0. The molecular formula is C14H20N4O3. The zero-order valence-electron chi connectivity index (χ0n) is 11.8. The lowest BCUT2D eigenvalue weighted by Gasteiger charge is -2.27. The summed E-state index contributed by atoms with van der Waals surface area (Å²) < 4.78 is 0. The minimum absolute atomic E-state index is 0.0327. The average molecular weight is 292 g/mol. The summed E-state index contributed by atoms with van der Waals surface area (Å²) in [6.07, 6.45) is 7.85. The topological polar surface area (TPSA) is 118 Å². The minimum Gasteiger partial charge on any atom is -0.481 e. The highest BCUT2D eigenvalue weighted by Crippen LogP contribution is 2.30. The first-order valence-corrected chi connectivity index (χ1v) is 7.17. The number of carboxylic acids is 1. The Balaban J connectivity index is 1.97. The van der Waals surface area contributed by atoms with Crippen molar-refractivity contribution in [1.82, 2.24) is 15.3 Å².